The van der Waals surface area contributed by atoms with Crippen LogP contribution in [0, 0.1) is 0 Å². The molecule has 0 aliphatic carbocycles. The topological polar surface area (TPSA) is 55.1 Å². The zero-order chi connectivity index (χ0) is 15.5. The number of anilines is 1. The van der Waals surface area contributed by atoms with E-state index in [4.69, 9.17) is 9.40 Å². The van der Waals surface area contributed by atoms with E-state index in [9.17, 15) is 0 Å². The van der Waals surface area contributed by atoms with E-state index in [1.54, 1.807) is 24.9 Å². The van der Waals surface area contributed by atoms with Gasteiger partial charge in [-0.2, -0.15) is 11.8 Å². The van der Waals surface area contributed by atoms with Crippen molar-refractivity contribution in [3.63, 3.8) is 0 Å². The van der Waals surface area contributed by atoms with Gasteiger partial charge in [0.25, 0.3) is 0 Å². The van der Waals surface area contributed by atoms with Crippen molar-refractivity contribution in [3.8, 4) is 22.4 Å². The highest BCUT2D eigenvalue weighted by atomic mass is 32.2. The number of hydrogen-bond acceptors (Lipinski definition) is 6. The van der Waals surface area contributed by atoms with Crippen LogP contribution in [0.2, 0.25) is 0 Å². The molecule has 0 atom stereocenters. The van der Waals surface area contributed by atoms with E-state index in [-0.39, 0.29) is 0 Å². The van der Waals surface area contributed by atoms with Gasteiger partial charge in [-0.05, 0) is 23.8 Å². The number of furan rings is 1. The Balaban J connectivity index is 1.80. The van der Waals surface area contributed by atoms with E-state index in [0.717, 1.165) is 52.9 Å². The zero-order valence-electron chi connectivity index (χ0n) is 12.6. The Labute approximate surface area is 138 Å². The molecular formula is C17H16N4OS. The average molecular weight is 324 g/mol. The number of pyridine rings is 1. The predicted octanol–water partition coefficient (Wildman–Crippen LogP) is 3.35. The Morgan fingerprint density at radius 2 is 1.87 bits per heavy atom. The minimum Gasteiger partial charge on any atom is -0.472 e. The van der Waals surface area contributed by atoms with Gasteiger partial charge in [-0.3, -0.25) is 4.98 Å². The smallest absolute Gasteiger partial charge is 0.225 e. The second-order valence-corrected chi connectivity index (χ2v) is 6.50. The van der Waals surface area contributed by atoms with Crippen molar-refractivity contribution < 1.29 is 4.42 Å². The van der Waals surface area contributed by atoms with Crippen molar-refractivity contribution in [2.24, 2.45) is 0 Å². The molecule has 3 aromatic rings. The average Bonchev–Trinajstić information content (AvgIpc) is 3.17. The molecule has 6 heteroatoms. The molecule has 0 N–H and O–H groups in total. The van der Waals surface area contributed by atoms with E-state index < -0.39 is 0 Å². The normalized spacial score (nSPS) is 14.9. The van der Waals surface area contributed by atoms with Crippen LogP contribution in [0.4, 0.5) is 5.95 Å². The third-order valence-corrected chi connectivity index (χ3v) is 4.80. The van der Waals surface area contributed by atoms with Gasteiger partial charge in [0.05, 0.1) is 18.2 Å². The minimum atomic E-state index is 0.791. The fourth-order valence-corrected chi connectivity index (χ4v) is 3.55. The summed E-state index contributed by atoms with van der Waals surface area (Å²) >= 11 is 1.98. The summed E-state index contributed by atoms with van der Waals surface area (Å²) in [7, 11) is 0. The van der Waals surface area contributed by atoms with Crippen LogP contribution in [-0.2, 0) is 0 Å². The van der Waals surface area contributed by atoms with Crippen LogP contribution >= 0.6 is 11.8 Å². The lowest BCUT2D eigenvalue weighted by molar-refractivity contribution is 0.568. The molecule has 0 aromatic carbocycles. The largest absolute Gasteiger partial charge is 0.472 e. The summed E-state index contributed by atoms with van der Waals surface area (Å²) in [4.78, 5) is 15.8. The maximum absolute atomic E-state index is 5.26. The van der Waals surface area contributed by atoms with Crippen LogP contribution in [0.3, 0.4) is 0 Å². The van der Waals surface area contributed by atoms with Gasteiger partial charge in [0.2, 0.25) is 5.95 Å². The Bertz CT molecular complexity index is 771. The Morgan fingerprint density at radius 3 is 2.61 bits per heavy atom. The van der Waals surface area contributed by atoms with E-state index >= 15 is 0 Å². The summed E-state index contributed by atoms with van der Waals surface area (Å²) < 4.78 is 5.26. The molecule has 1 saturated heterocycles. The molecule has 23 heavy (non-hydrogen) atoms. The van der Waals surface area contributed by atoms with Crippen molar-refractivity contribution in [2.45, 2.75) is 0 Å². The van der Waals surface area contributed by atoms with E-state index in [0.29, 0.717) is 0 Å². The summed E-state index contributed by atoms with van der Waals surface area (Å²) in [5.41, 5.74) is 3.90. The molecule has 0 saturated carbocycles. The monoisotopic (exact) mass is 324 g/mol. The van der Waals surface area contributed by atoms with Crippen molar-refractivity contribution in [3.05, 3.63) is 49.3 Å². The lowest BCUT2D eigenvalue weighted by Crippen LogP contribution is -2.33. The van der Waals surface area contributed by atoms with E-state index in [1.165, 1.54) is 0 Å². The van der Waals surface area contributed by atoms with Gasteiger partial charge in [0, 0.05) is 54.3 Å². The van der Waals surface area contributed by atoms with Crippen molar-refractivity contribution in [1.29, 1.82) is 0 Å². The lowest BCUT2D eigenvalue weighted by atomic mass is 10.0. The second-order valence-electron chi connectivity index (χ2n) is 5.28. The molecule has 1 aliphatic heterocycles. The molecule has 4 rings (SSSR count). The summed E-state index contributed by atoms with van der Waals surface area (Å²) in [6, 6.07) is 5.88. The molecule has 1 aliphatic rings. The summed E-state index contributed by atoms with van der Waals surface area (Å²) in [6.45, 7) is 1.98. The number of aromatic nitrogens is 3. The number of nitrogens with zero attached hydrogens (tertiary/aromatic N) is 4. The zero-order valence-corrected chi connectivity index (χ0v) is 13.4. The van der Waals surface area contributed by atoms with Crippen LogP contribution < -0.4 is 4.90 Å². The van der Waals surface area contributed by atoms with Crippen LogP contribution in [0.15, 0.2) is 53.7 Å². The highest BCUT2D eigenvalue weighted by Gasteiger charge is 2.18. The van der Waals surface area contributed by atoms with Crippen LogP contribution in [0.5, 0.6) is 0 Å². The molecule has 116 valence electrons. The molecule has 0 bridgehead atoms. The molecule has 0 spiro atoms. The third kappa shape index (κ3) is 2.94. The maximum atomic E-state index is 5.26. The highest BCUT2D eigenvalue weighted by Crippen LogP contribution is 2.31. The molecule has 0 radical (unpaired) electrons. The summed E-state index contributed by atoms with van der Waals surface area (Å²) in [5.74, 6) is 3.03. The van der Waals surface area contributed by atoms with Crippen molar-refractivity contribution in [2.75, 3.05) is 29.5 Å². The first kappa shape index (κ1) is 14.3. The Hall–Kier alpha value is -2.34. The van der Waals surface area contributed by atoms with E-state index in [2.05, 4.69) is 14.9 Å². The molecular weight excluding hydrogens is 308 g/mol. The molecule has 4 heterocycles. The number of hydrogen-bond donors (Lipinski definition) is 0. The first-order valence-electron chi connectivity index (χ1n) is 7.54. The highest BCUT2D eigenvalue weighted by molar-refractivity contribution is 7.99. The second kappa shape index (κ2) is 6.42. The molecule has 3 aromatic heterocycles. The fraction of sp³-hybridized carbons (Fsp3) is 0.235. The quantitative estimate of drug-likeness (QED) is 0.736. The SMILES string of the molecule is c1cc(-c2cnc(N3CCSCC3)nc2-c2ccoc2)ccn1. The van der Waals surface area contributed by atoms with Gasteiger partial charge in [-0.1, -0.05) is 0 Å². The molecule has 1 fully saturated rings. The summed E-state index contributed by atoms with van der Waals surface area (Å²) in [6.07, 6.45) is 8.87. The van der Waals surface area contributed by atoms with Gasteiger partial charge in [0.15, 0.2) is 0 Å². The fourth-order valence-electron chi connectivity index (χ4n) is 2.65. The van der Waals surface area contributed by atoms with Gasteiger partial charge in [-0.15, -0.1) is 0 Å². The van der Waals surface area contributed by atoms with Gasteiger partial charge >= 0.3 is 0 Å². The number of rotatable bonds is 3. The molecule has 0 amide bonds. The Morgan fingerprint density at radius 1 is 1.04 bits per heavy atom. The summed E-state index contributed by atoms with van der Waals surface area (Å²) in [5, 5.41) is 0. The van der Waals surface area contributed by atoms with Crippen LogP contribution in [0.1, 0.15) is 0 Å². The van der Waals surface area contributed by atoms with Crippen LogP contribution in [-0.4, -0.2) is 39.5 Å². The van der Waals surface area contributed by atoms with Crippen molar-refractivity contribution >= 4 is 17.7 Å². The van der Waals surface area contributed by atoms with Gasteiger partial charge in [-0.25, -0.2) is 9.97 Å². The minimum absolute atomic E-state index is 0.791. The predicted molar refractivity (Wildman–Crippen MR) is 92.5 cm³/mol. The van der Waals surface area contributed by atoms with Gasteiger partial charge in [0.1, 0.15) is 0 Å². The first-order chi connectivity index (χ1) is 11.4. The standard InChI is InChI=1S/C17H16N4OS/c1-4-18-5-2-13(1)15-11-19-17(21-6-9-23-10-7-21)20-16(15)14-3-8-22-12-14/h1-5,8,11-12H,6-7,9-10H2. The molecule has 5 nitrogen and oxygen atoms in total. The van der Waals surface area contributed by atoms with Crippen LogP contribution in [0.25, 0.3) is 22.4 Å². The molecule has 0 unspecified atom stereocenters. The number of thioether (sulfide) groups is 1. The lowest BCUT2D eigenvalue weighted by Gasteiger charge is -2.26. The Kier molecular flexibility index (Phi) is 3.98. The van der Waals surface area contributed by atoms with E-state index in [1.807, 2.05) is 36.2 Å². The maximum Gasteiger partial charge on any atom is 0.225 e. The first-order valence-corrected chi connectivity index (χ1v) is 8.70. The van der Waals surface area contributed by atoms with Gasteiger partial charge < -0.3 is 9.32 Å². The van der Waals surface area contributed by atoms with Crippen molar-refractivity contribution in [1.82, 2.24) is 15.0 Å². The third-order valence-electron chi connectivity index (χ3n) is 3.86.